The van der Waals surface area contributed by atoms with E-state index >= 15 is 0 Å². The van der Waals surface area contributed by atoms with Crippen molar-refractivity contribution in [1.29, 1.82) is 0 Å². The van der Waals surface area contributed by atoms with Gasteiger partial charge in [-0.25, -0.2) is 0 Å². The smallest absolute Gasteiger partial charge is 0.262 e. The Balaban J connectivity index is 1.64. The highest BCUT2D eigenvalue weighted by Gasteiger charge is 2.36. The molecule has 116 valence electrons. The van der Waals surface area contributed by atoms with E-state index in [1.54, 1.807) is 24.3 Å². The maximum Gasteiger partial charge on any atom is 0.262 e. The Morgan fingerprint density at radius 2 is 1.52 bits per heavy atom. The number of nitrogens with zero attached hydrogens (tertiary/aromatic N) is 1. The van der Waals surface area contributed by atoms with Gasteiger partial charge in [0.25, 0.3) is 11.8 Å². The number of rotatable bonds is 4. The summed E-state index contributed by atoms with van der Waals surface area (Å²) in [6, 6.07) is 14.3. The zero-order valence-corrected chi connectivity index (χ0v) is 12.7. The van der Waals surface area contributed by atoms with Crippen LogP contribution in [0.4, 0.5) is 0 Å². The molecule has 0 aliphatic carbocycles. The van der Waals surface area contributed by atoms with Crippen LogP contribution in [0, 0.1) is 6.92 Å². The number of fused-ring (bicyclic) bond motifs is 1. The maximum atomic E-state index is 12.2. The van der Waals surface area contributed by atoms with Gasteiger partial charge in [0, 0.05) is 6.54 Å². The van der Waals surface area contributed by atoms with E-state index in [9.17, 15) is 14.4 Å². The number of nitrogens with one attached hydrogen (secondary N) is 1. The van der Waals surface area contributed by atoms with Gasteiger partial charge in [0.1, 0.15) is 6.54 Å². The molecule has 0 saturated heterocycles. The fourth-order valence-corrected chi connectivity index (χ4v) is 2.58. The molecule has 0 aromatic heterocycles. The summed E-state index contributed by atoms with van der Waals surface area (Å²) >= 11 is 0. The summed E-state index contributed by atoms with van der Waals surface area (Å²) in [4.78, 5) is 37.4. The molecule has 3 rings (SSSR count). The number of hydrogen-bond donors (Lipinski definition) is 1. The van der Waals surface area contributed by atoms with Crippen molar-refractivity contribution < 1.29 is 14.4 Å². The number of benzene rings is 2. The highest BCUT2D eigenvalue weighted by atomic mass is 16.2. The number of aryl methyl sites for hydroxylation is 1. The van der Waals surface area contributed by atoms with Gasteiger partial charge in [-0.3, -0.25) is 19.3 Å². The van der Waals surface area contributed by atoms with Gasteiger partial charge in [-0.2, -0.15) is 0 Å². The van der Waals surface area contributed by atoms with Crippen LogP contribution in [0.25, 0.3) is 0 Å². The molecular formula is C18H16N2O3. The third-order valence-corrected chi connectivity index (χ3v) is 3.92. The molecule has 2 aromatic rings. The van der Waals surface area contributed by atoms with Crippen LogP contribution in [0.5, 0.6) is 0 Å². The molecule has 0 bridgehead atoms. The standard InChI is InChI=1S/C18H16N2O3/c1-12-6-2-3-7-13(12)10-19-16(21)11-20-17(22)14-8-4-5-9-15(14)18(20)23/h2-9H,10-11H2,1H3,(H,19,21). The SMILES string of the molecule is Cc1ccccc1CNC(=O)CN1C(=O)c2ccccc2C1=O. The lowest BCUT2D eigenvalue weighted by molar-refractivity contribution is -0.121. The minimum atomic E-state index is -0.420. The molecule has 3 amide bonds. The maximum absolute atomic E-state index is 12.2. The van der Waals surface area contributed by atoms with Crippen LogP contribution in [0.2, 0.25) is 0 Å². The summed E-state index contributed by atoms with van der Waals surface area (Å²) in [7, 11) is 0. The lowest BCUT2D eigenvalue weighted by Gasteiger charge is -2.14. The Hall–Kier alpha value is -2.95. The zero-order valence-electron chi connectivity index (χ0n) is 12.7. The molecule has 1 aliphatic rings. The Bertz CT molecular complexity index is 763. The van der Waals surface area contributed by atoms with E-state index < -0.39 is 11.8 Å². The van der Waals surface area contributed by atoms with Crippen LogP contribution in [0.15, 0.2) is 48.5 Å². The number of imide groups is 1. The van der Waals surface area contributed by atoms with Crippen LogP contribution < -0.4 is 5.32 Å². The second-order valence-corrected chi connectivity index (χ2v) is 5.45. The minimum absolute atomic E-state index is 0.266. The number of carbonyl (C=O) groups excluding carboxylic acids is 3. The van der Waals surface area contributed by atoms with Gasteiger partial charge in [0.2, 0.25) is 5.91 Å². The molecule has 0 saturated carbocycles. The van der Waals surface area contributed by atoms with Crippen LogP contribution in [0.1, 0.15) is 31.8 Å². The summed E-state index contributed by atoms with van der Waals surface area (Å²) in [5.74, 6) is -1.20. The van der Waals surface area contributed by atoms with Crippen molar-refractivity contribution in [2.24, 2.45) is 0 Å². The molecule has 5 nitrogen and oxygen atoms in total. The van der Waals surface area contributed by atoms with Crippen LogP contribution in [0.3, 0.4) is 0 Å². The fraction of sp³-hybridized carbons (Fsp3) is 0.167. The first-order chi connectivity index (χ1) is 11.1. The van der Waals surface area contributed by atoms with Gasteiger partial charge in [0.05, 0.1) is 11.1 Å². The number of carbonyl (C=O) groups is 3. The Morgan fingerprint density at radius 3 is 2.13 bits per heavy atom. The summed E-state index contributed by atoms with van der Waals surface area (Å²) in [6.07, 6.45) is 0. The lowest BCUT2D eigenvalue weighted by Crippen LogP contribution is -2.40. The van der Waals surface area contributed by atoms with Gasteiger partial charge in [-0.1, -0.05) is 36.4 Å². The van der Waals surface area contributed by atoms with Crippen molar-refractivity contribution in [2.75, 3.05) is 6.54 Å². The zero-order chi connectivity index (χ0) is 16.4. The van der Waals surface area contributed by atoms with Gasteiger partial charge in [0.15, 0.2) is 0 Å². The molecule has 0 spiro atoms. The summed E-state index contributed by atoms with van der Waals surface area (Å²) in [6.45, 7) is 2.07. The highest BCUT2D eigenvalue weighted by molar-refractivity contribution is 6.22. The van der Waals surface area contributed by atoms with Crippen molar-refractivity contribution in [2.45, 2.75) is 13.5 Å². The number of amides is 3. The first-order valence-electron chi connectivity index (χ1n) is 7.34. The molecule has 0 radical (unpaired) electrons. The van der Waals surface area contributed by atoms with Gasteiger partial charge >= 0.3 is 0 Å². The quantitative estimate of drug-likeness (QED) is 0.877. The second-order valence-electron chi connectivity index (χ2n) is 5.45. The van der Waals surface area contributed by atoms with E-state index in [0.717, 1.165) is 16.0 Å². The lowest BCUT2D eigenvalue weighted by atomic mass is 10.1. The predicted octanol–water partition coefficient (Wildman–Crippen LogP) is 1.91. The average Bonchev–Trinajstić information content (AvgIpc) is 2.80. The van der Waals surface area contributed by atoms with Crippen molar-refractivity contribution in [3.8, 4) is 0 Å². The third kappa shape index (κ3) is 2.85. The van der Waals surface area contributed by atoms with Crippen LogP contribution in [-0.2, 0) is 11.3 Å². The van der Waals surface area contributed by atoms with E-state index in [1.165, 1.54) is 0 Å². The molecule has 5 heteroatoms. The van der Waals surface area contributed by atoms with Crippen molar-refractivity contribution in [3.63, 3.8) is 0 Å². The molecule has 0 atom stereocenters. The summed E-state index contributed by atoms with van der Waals surface area (Å²) in [5, 5.41) is 2.75. The van der Waals surface area contributed by atoms with Crippen molar-refractivity contribution in [1.82, 2.24) is 10.2 Å². The molecule has 23 heavy (non-hydrogen) atoms. The fourth-order valence-electron chi connectivity index (χ4n) is 2.58. The van der Waals surface area contributed by atoms with E-state index in [0.29, 0.717) is 17.7 Å². The monoisotopic (exact) mass is 308 g/mol. The second kappa shape index (κ2) is 6.04. The molecule has 1 heterocycles. The topological polar surface area (TPSA) is 66.5 Å². The van der Waals surface area contributed by atoms with Crippen molar-refractivity contribution >= 4 is 17.7 Å². The Labute approximate surface area is 133 Å². The molecule has 0 fully saturated rings. The Kier molecular flexibility index (Phi) is 3.93. The highest BCUT2D eigenvalue weighted by Crippen LogP contribution is 2.21. The van der Waals surface area contributed by atoms with Gasteiger partial charge in [-0.05, 0) is 30.2 Å². The van der Waals surface area contributed by atoms with Crippen molar-refractivity contribution in [3.05, 3.63) is 70.8 Å². The molecule has 0 unspecified atom stereocenters. The third-order valence-electron chi connectivity index (χ3n) is 3.92. The number of hydrogen-bond acceptors (Lipinski definition) is 3. The van der Waals surface area contributed by atoms with Crippen LogP contribution in [-0.4, -0.2) is 29.2 Å². The predicted molar refractivity (Wildman–Crippen MR) is 84.8 cm³/mol. The van der Waals surface area contributed by atoms with E-state index in [-0.39, 0.29) is 12.5 Å². The van der Waals surface area contributed by atoms with Gasteiger partial charge in [-0.15, -0.1) is 0 Å². The molecular weight excluding hydrogens is 292 g/mol. The largest absolute Gasteiger partial charge is 0.350 e. The minimum Gasteiger partial charge on any atom is -0.350 e. The molecule has 1 N–H and O–H groups in total. The van der Waals surface area contributed by atoms with Gasteiger partial charge < -0.3 is 5.32 Å². The summed E-state index contributed by atoms with van der Waals surface area (Å²) in [5.41, 5.74) is 2.78. The first-order valence-corrected chi connectivity index (χ1v) is 7.34. The van der Waals surface area contributed by atoms with E-state index in [2.05, 4.69) is 5.32 Å². The van der Waals surface area contributed by atoms with E-state index in [4.69, 9.17) is 0 Å². The average molecular weight is 308 g/mol. The Morgan fingerprint density at radius 1 is 0.957 bits per heavy atom. The molecule has 1 aliphatic heterocycles. The van der Waals surface area contributed by atoms with E-state index in [1.807, 2.05) is 31.2 Å². The molecule has 2 aromatic carbocycles. The first kappa shape index (κ1) is 15.0. The summed E-state index contributed by atoms with van der Waals surface area (Å²) < 4.78 is 0. The normalized spacial score (nSPS) is 13.2. The van der Waals surface area contributed by atoms with Crippen LogP contribution >= 0.6 is 0 Å².